The van der Waals surface area contributed by atoms with E-state index in [1.165, 1.54) is 23.3 Å². The van der Waals surface area contributed by atoms with Gasteiger partial charge in [0.2, 0.25) is 0 Å². The predicted molar refractivity (Wildman–Crippen MR) is 163 cm³/mol. The summed E-state index contributed by atoms with van der Waals surface area (Å²) in [5.41, 5.74) is 12.2. The van der Waals surface area contributed by atoms with E-state index in [4.69, 9.17) is 10.5 Å². The van der Waals surface area contributed by atoms with Crippen LogP contribution in [-0.4, -0.2) is 24.9 Å². The van der Waals surface area contributed by atoms with Gasteiger partial charge in [-0.2, -0.15) is 0 Å². The maximum absolute atomic E-state index is 13.6. The highest BCUT2D eigenvalue weighted by atomic mass is 32.1. The number of rotatable bonds is 9. The van der Waals surface area contributed by atoms with Gasteiger partial charge in [-0.15, -0.1) is 11.3 Å². The van der Waals surface area contributed by atoms with Gasteiger partial charge in [-0.1, -0.05) is 36.4 Å². The van der Waals surface area contributed by atoms with Gasteiger partial charge in [0, 0.05) is 22.7 Å². The van der Waals surface area contributed by atoms with Crippen molar-refractivity contribution in [2.75, 3.05) is 17.7 Å². The third-order valence-electron chi connectivity index (χ3n) is 7.34. The van der Waals surface area contributed by atoms with Gasteiger partial charge in [-0.05, 0) is 97.2 Å². The maximum atomic E-state index is 13.6. The molecule has 0 fully saturated rings. The number of benzene rings is 3. The molecule has 0 spiro atoms. The number of hydrogen-bond acceptors (Lipinski definition) is 6. The molecule has 41 heavy (non-hydrogen) atoms. The Balaban J connectivity index is 1.27. The molecule has 5 rings (SSSR count). The zero-order valence-electron chi connectivity index (χ0n) is 23.0. The van der Waals surface area contributed by atoms with Crippen molar-refractivity contribution in [1.82, 2.24) is 0 Å². The fourth-order valence-corrected chi connectivity index (χ4v) is 6.35. The van der Waals surface area contributed by atoms with Crippen LogP contribution in [0.2, 0.25) is 0 Å². The average molecular weight is 568 g/mol. The van der Waals surface area contributed by atoms with Gasteiger partial charge in [-0.25, -0.2) is 4.79 Å². The van der Waals surface area contributed by atoms with Crippen molar-refractivity contribution in [1.29, 1.82) is 0 Å². The number of thiophene rings is 1. The van der Waals surface area contributed by atoms with E-state index in [2.05, 4.69) is 10.6 Å². The topological polar surface area (TPSA) is 111 Å². The average Bonchev–Trinajstić information content (AvgIpc) is 3.38. The molecule has 1 heterocycles. The smallest absolute Gasteiger partial charge is 0.337 e. The highest BCUT2D eigenvalue weighted by Gasteiger charge is 2.27. The summed E-state index contributed by atoms with van der Waals surface area (Å²) >= 11 is 1.50. The Morgan fingerprint density at radius 3 is 2.17 bits per heavy atom. The number of anilines is 2. The zero-order valence-corrected chi connectivity index (χ0v) is 23.8. The minimum Gasteiger partial charge on any atom is -0.465 e. The van der Waals surface area contributed by atoms with Crippen molar-refractivity contribution in [3.05, 3.63) is 117 Å². The molecule has 210 valence electrons. The lowest BCUT2D eigenvalue weighted by molar-refractivity contribution is 0.0600. The molecule has 0 saturated carbocycles. The van der Waals surface area contributed by atoms with E-state index in [1.807, 2.05) is 48.5 Å². The standard InChI is InChI=1S/C33H33N3O4S/c1-40-33(39)24-15-11-21(12-16-24)9-10-22-13-17-26(18-14-22)35-31(38)29-27-7-2-3-8-28(27)41-32(29)36-30(37)25-6-4-5-23(19-25)20-34/h4-6,11-19H,2-3,7-10,20,34H2,1H3,(H,35,38)(H,36,37). The molecule has 0 bridgehead atoms. The van der Waals surface area contributed by atoms with E-state index in [0.717, 1.165) is 60.8 Å². The van der Waals surface area contributed by atoms with Crippen LogP contribution in [0, 0.1) is 0 Å². The van der Waals surface area contributed by atoms with Crippen molar-refractivity contribution < 1.29 is 19.1 Å². The first kappa shape index (κ1) is 28.3. The molecule has 0 saturated heterocycles. The minimum absolute atomic E-state index is 0.214. The first-order valence-electron chi connectivity index (χ1n) is 13.8. The van der Waals surface area contributed by atoms with Crippen LogP contribution in [0.5, 0.6) is 0 Å². The largest absolute Gasteiger partial charge is 0.465 e. The Morgan fingerprint density at radius 1 is 0.805 bits per heavy atom. The lowest BCUT2D eigenvalue weighted by Crippen LogP contribution is -2.18. The van der Waals surface area contributed by atoms with Crippen molar-refractivity contribution >= 4 is 39.8 Å². The van der Waals surface area contributed by atoms with Gasteiger partial charge in [0.05, 0.1) is 18.2 Å². The number of carbonyl (C=O) groups is 3. The van der Waals surface area contributed by atoms with Crippen LogP contribution in [0.25, 0.3) is 0 Å². The van der Waals surface area contributed by atoms with Crippen LogP contribution in [0.3, 0.4) is 0 Å². The molecule has 0 radical (unpaired) electrons. The van der Waals surface area contributed by atoms with Crippen LogP contribution in [0.4, 0.5) is 10.7 Å². The number of amides is 2. The maximum Gasteiger partial charge on any atom is 0.337 e. The predicted octanol–water partition coefficient (Wildman–Crippen LogP) is 6.16. The third-order valence-corrected chi connectivity index (χ3v) is 8.55. The van der Waals surface area contributed by atoms with Crippen LogP contribution < -0.4 is 16.4 Å². The molecule has 1 aliphatic carbocycles. The van der Waals surface area contributed by atoms with Gasteiger partial charge in [-0.3, -0.25) is 9.59 Å². The van der Waals surface area contributed by atoms with Crippen LogP contribution in [-0.2, 0) is 37.0 Å². The summed E-state index contributed by atoms with van der Waals surface area (Å²) in [6.07, 6.45) is 5.50. The number of hydrogen-bond donors (Lipinski definition) is 3. The van der Waals surface area contributed by atoms with Gasteiger partial charge in [0.1, 0.15) is 5.00 Å². The summed E-state index contributed by atoms with van der Waals surface area (Å²) in [4.78, 5) is 39.5. The molecule has 3 aromatic carbocycles. The number of ether oxygens (including phenoxy) is 1. The summed E-state index contributed by atoms with van der Waals surface area (Å²) in [7, 11) is 1.37. The van der Waals surface area contributed by atoms with E-state index < -0.39 is 0 Å². The molecule has 0 aliphatic heterocycles. The molecule has 0 unspecified atom stereocenters. The van der Waals surface area contributed by atoms with E-state index >= 15 is 0 Å². The Hall–Kier alpha value is -4.27. The molecule has 4 N–H and O–H groups in total. The summed E-state index contributed by atoms with van der Waals surface area (Å²) < 4.78 is 4.75. The van der Waals surface area contributed by atoms with Crippen LogP contribution >= 0.6 is 11.3 Å². The Labute approximate surface area is 243 Å². The van der Waals surface area contributed by atoms with Crippen LogP contribution in [0.1, 0.15) is 71.0 Å². The van der Waals surface area contributed by atoms with Gasteiger partial charge in [0.25, 0.3) is 11.8 Å². The third kappa shape index (κ3) is 6.73. The van der Waals surface area contributed by atoms with Crippen molar-refractivity contribution in [3.63, 3.8) is 0 Å². The van der Waals surface area contributed by atoms with E-state index in [-0.39, 0.29) is 17.8 Å². The number of carbonyl (C=O) groups excluding carboxylic acids is 3. The summed E-state index contributed by atoms with van der Waals surface area (Å²) in [5, 5.41) is 6.64. The second-order valence-electron chi connectivity index (χ2n) is 10.1. The second kappa shape index (κ2) is 12.9. The quantitative estimate of drug-likeness (QED) is 0.210. The van der Waals surface area contributed by atoms with E-state index in [9.17, 15) is 14.4 Å². The molecule has 7 nitrogen and oxygen atoms in total. The summed E-state index contributed by atoms with van der Waals surface area (Å²) in [6.45, 7) is 0.352. The molecular formula is C33H33N3O4S. The fraction of sp³-hybridized carbons (Fsp3) is 0.242. The number of nitrogens with one attached hydrogen (secondary N) is 2. The summed E-state index contributed by atoms with van der Waals surface area (Å²) in [6, 6.07) is 22.5. The van der Waals surface area contributed by atoms with Gasteiger partial charge in [0.15, 0.2) is 0 Å². The molecule has 1 aliphatic rings. The molecular weight excluding hydrogens is 534 g/mol. The Bertz CT molecular complexity index is 1560. The zero-order chi connectivity index (χ0) is 28.8. The number of fused-ring (bicyclic) bond motifs is 1. The van der Waals surface area contributed by atoms with Gasteiger partial charge < -0.3 is 21.1 Å². The minimum atomic E-state index is -0.344. The highest BCUT2D eigenvalue weighted by Crippen LogP contribution is 2.39. The van der Waals surface area contributed by atoms with Gasteiger partial charge >= 0.3 is 5.97 Å². The molecule has 2 amide bonds. The number of esters is 1. The van der Waals surface area contributed by atoms with E-state index in [0.29, 0.717) is 33.9 Å². The first-order chi connectivity index (χ1) is 19.9. The summed E-state index contributed by atoms with van der Waals surface area (Å²) in [5.74, 6) is -0.810. The van der Waals surface area contributed by atoms with Crippen molar-refractivity contribution in [2.24, 2.45) is 5.73 Å². The Kier molecular flexibility index (Phi) is 8.91. The van der Waals surface area contributed by atoms with Crippen molar-refractivity contribution in [2.45, 2.75) is 45.1 Å². The Morgan fingerprint density at radius 2 is 1.49 bits per heavy atom. The molecule has 0 atom stereocenters. The fourth-order valence-electron chi connectivity index (χ4n) is 5.07. The molecule has 4 aromatic rings. The molecule has 1 aromatic heterocycles. The number of nitrogens with two attached hydrogens (primary N) is 1. The molecule has 8 heteroatoms. The van der Waals surface area contributed by atoms with E-state index in [1.54, 1.807) is 24.3 Å². The number of aryl methyl sites for hydroxylation is 3. The highest BCUT2D eigenvalue weighted by molar-refractivity contribution is 7.17. The van der Waals surface area contributed by atoms with Crippen molar-refractivity contribution in [3.8, 4) is 0 Å². The lowest BCUT2D eigenvalue weighted by atomic mass is 9.95. The monoisotopic (exact) mass is 567 g/mol. The normalized spacial score (nSPS) is 12.3. The first-order valence-corrected chi connectivity index (χ1v) is 14.6. The second-order valence-corrected chi connectivity index (χ2v) is 11.2. The SMILES string of the molecule is COC(=O)c1ccc(CCc2ccc(NC(=O)c3c(NC(=O)c4cccc(CN)c4)sc4c3CCCC4)cc2)cc1. The number of methoxy groups -OCH3 is 1. The lowest BCUT2D eigenvalue weighted by Gasteiger charge is -2.14. The van der Waals surface area contributed by atoms with Crippen LogP contribution in [0.15, 0.2) is 72.8 Å².